The molecule has 0 aliphatic carbocycles. The number of benzene rings is 1. The molecule has 2 aromatic rings. The third-order valence-electron chi connectivity index (χ3n) is 1.68. The molecule has 0 bridgehead atoms. The summed E-state index contributed by atoms with van der Waals surface area (Å²) in [6, 6.07) is 5.44. The summed E-state index contributed by atoms with van der Waals surface area (Å²) < 4.78 is 4.99. The summed E-state index contributed by atoms with van der Waals surface area (Å²) in [7, 11) is 0. The van der Waals surface area contributed by atoms with Crippen molar-refractivity contribution < 1.29 is 0 Å². The van der Waals surface area contributed by atoms with E-state index in [9.17, 15) is 0 Å². The molecule has 0 unspecified atom stereocenters. The summed E-state index contributed by atoms with van der Waals surface area (Å²) in [6.45, 7) is 1.87. The van der Waals surface area contributed by atoms with E-state index in [1.54, 1.807) is 6.07 Å². The van der Waals surface area contributed by atoms with Crippen molar-refractivity contribution in [3.8, 4) is 0 Å². The Morgan fingerprint density at radius 3 is 2.87 bits per heavy atom. The van der Waals surface area contributed by atoms with Crippen LogP contribution in [-0.4, -0.2) is 9.36 Å². The quantitative estimate of drug-likeness (QED) is 0.840. The number of aromatic nitrogens is 2. The van der Waals surface area contributed by atoms with Gasteiger partial charge in [-0.15, -0.1) is 0 Å². The number of nitrogens with two attached hydrogens (primary N) is 1. The monoisotopic (exact) mass is 257 g/mol. The highest BCUT2D eigenvalue weighted by Crippen LogP contribution is 2.34. The fourth-order valence-electron chi connectivity index (χ4n) is 1.03. The van der Waals surface area contributed by atoms with Gasteiger partial charge in [0.15, 0.2) is 4.34 Å². The third-order valence-corrected chi connectivity index (χ3v) is 3.85. The lowest BCUT2D eigenvalue weighted by atomic mass is 10.3. The first-order valence-electron chi connectivity index (χ1n) is 4.18. The van der Waals surface area contributed by atoms with Crippen LogP contribution >= 0.6 is 34.9 Å². The van der Waals surface area contributed by atoms with Gasteiger partial charge in [-0.05, 0) is 36.7 Å². The zero-order chi connectivity index (χ0) is 10.8. The second-order valence-electron chi connectivity index (χ2n) is 2.89. The van der Waals surface area contributed by atoms with Crippen molar-refractivity contribution in [1.82, 2.24) is 9.36 Å². The summed E-state index contributed by atoms with van der Waals surface area (Å²) in [4.78, 5) is 5.21. The van der Waals surface area contributed by atoms with Gasteiger partial charge < -0.3 is 5.73 Å². The Balaban J connectivity index is 2.24. The molecule has 0 aliphatic rings. The average molecular weight is 258 g/mol. The lowest BCUT2D eigenvalue weighted by molar-refractivity contribution is 1.10. The van der Waals surface area contributed by atoms with Crippen molar-refractivity contribution in [2.24, 2.45) is 0 Å². The Hall–Kier alpha value is -0.780. The summed E-state index contributed by atoms with van der Waals surface area (Å²) >= 11 is 8.69. The van der Waals surface area contributed by atoms with Crippen LogP contribution in [0.2, 0.25) is 5.02 Å². The average Bonchev–Trinajstić information content (AvgIpc) is 2.56. The lowest BCUT2D eigenvalue weighted by Crippen LogP contribution is -1.87. The Bertz CT molecular complexity index is 484. The van der Waals surface area contributed by atoms with Gasteiger partial charge in [0.05, 0.1) is 0 Å². The van der Waals surface area contributed by atoms with Crippen molar-refractivity contribution in [2.45, 2.75) is 16.2 Å². The highest BCUT2D eigenvalue weighted by atomic mass is 35.5. The summed E-state index contributed by atoms with van der Waals surface area (Å²) in [5, 5.41) is 0.644. The van der Waals surface area contributed by atoms with E-state index in [4.69, 9.17) is 17.3 Å². The Labute approximate surface area is 101 Å². The predicted molar refractivity (Wildman–Crippen MR) is 64.6 cm³/mol. The highest BCUT2D eigenvalue weighted by Gasteiger charge is 2.06. The molecule has 0 saturated heterocycles. The molecule has 0 atom stereocenters. The van der Waals surface area contributed by atoms with Crippen LogP contribution in [-0.2, 0) is 0 Å². The number of aryl methyl sites for hydroxylation is 1. The van der Waals surface area contributed by atoms with Crippen LogP contribution in [0.3, 0.4) is 0 Å². The second kappa shape index (κ2) is 4.38. The van der Waals surface area contributed by atoms with Gasteiger partial charge in [-0.2, -0.15) is 4.37 Å². The molecule has 2 rings (SSSR count). The first-order valence-corrected chi connectivity index (χ1v) is 6.15. The molecular weight excluding hydrogens is 250 g/mol. The summed E-state index contributed by atoms with van der Waals surface area (Å²) in [6.07, 6.45) is 0. The minimum absolute atomic E-state index is 0.644. The standard InChI is InChI=1S/C9H8ClN3S2/c1-5-12-9(15-13-5)14-8-3-2-6(10)4-7(8)11/h2-4H,11H2,1H3. The van der Waals surface area contributed by atoms with Crippen molar-refractivity contribution >= 4 is 40.6 Å². The first-order chi connectivity index (χ1) is 7.15. The number of anilines is 1. The number of hydrogen-bond donors (Lipinski definition) is 1. The van der Waals surface area contributed by atoms with Gasteiger partial charge in [0.2, 0.25) is 0 Å². The fraction of sp³-hybridized carbons (Fsp3) is 0.111. The predicted octanol–water partition coefficient (Wildman–Crippen LogP) is 3.23. The Morgan fingerprint density at radius 1 is 1.47 bits per heavy atom. The van der Waals surface area contributed by atoms with E-state index in [0.29, 0.717) is 10.7 Å². The van der Waals surface area contributed by atoms with E-state index in [1.807, 2.05) is 19.1 Å². The van der Waals surface area contributed by atoms with Crippen LogP contribution < -0.4 is 5.73 Å². The van der Waals surface area contributed by atoms with Gasteiger partial charge >= 0.3 is 0 Å². The Kier molecular flexibility index (Phi) is 3.14. The number of halogens is 1. The molecule has 1 aromatic carbocycles. The van der Waals surface area contributed by atoms with Crippen LogP contribution in [0.25, 0.3) is 0 Å². The molecule has 15 heavy (non-hydrogen) atoms. The number of rotatable bonds is 2. The topological polar surface area (TPSA) is 51.8 Å². The zero-order valence-corrected chi connectivity index (χ0v) is 10.3. The minimum Gasteiger partial charge on any atom is -0.398 e. The summed E-state index contributed by atoms with van der Waals surface area (Å²) in [5.74, 6) is 0.787. The molecule has 3 nitrogen and oxygen atoms in total. The molecule has 0 amide bonds. The molecule has 0 saturated carbocycles. The van der Waals surface area contributed by atoms with Crippen LogP contribution in [0.5, 0.6) is 0 Å². The van der Waals surface area contributed by atoms with Gasteiger partial charge in [-0.25, -0.2) is 4.98 Å². The van der Waals surface area contributed by atoms with E-state index >= 15 is 0 Å². The second-order valence-corrected chi connectivity index (χ2v) is 5.37. The minimum atomic E-state index is 0.644. The molecule has 2 N–H and O–H groups in total. The summed E-state index contributed by atoms with van der Waals surface area (Å²) in [5.41, 5.74) is 6.49. The molecule has 78 valence electrons. The fourth-order valence-corrected chi connectivity index (χ4v) is 2.84. The largest absolute Gasteiger partial charge is 0.398 e. The number of hydrogen-bond acceptors (Lipinski definition) is 5. The van der Waals surface area contributed by atoms with Gasteiger partial charge in [-0.1, -0.05) is 23.4 Å². The third kappa shape index (κ3) is 2.62. The van der Waals surface area contributed by atoms with Crippen molar-refractivity contribution in [3.63, 3.8) is 0 Å². The maximum atomic E-state index is 5.83. The van der Waals surface area contributed by atoms with Crippen molar-refractivity contribution in [2.75, 3.05) is 5.73 Å². The maximum Gasteiger partial charge on any atom is 0.174 e. The molecule has 0 fully saturated rings. The highest BCUT2D eigenvalue weighted by molar-refractivity contribution is 8.01. The van der Waals surface area contributed by atoms with E-state index in [0.717, 1.165) is 15.1 Å². The van der Waals surface area contributed by atoms with Crippen LogP contribution in [0.1, 0.15) is 5.82 Å². The first kappa shape index (κ1) is 10.7. The molecule has 6 heteroatoms. The van der Waals surface area contributed by atoms with Gasteiger partial charge in [0, 0.05) is 15.6 Å². The van der Waals surface area contributed by atoms with Gasteiger partial charge in [0.25, 0.3) is 0 Å². The van der Waals surface area contributed by atoms with Crippen LogP contribution in [0.15, 0.2) is 27.4 Å². The van der Waals surface area contributed by atoms with Gasteiger partial charge in [0.1, 0.15) is 5.82 Å². The molecular formula is C9H8ClN3S2. The number of nitrogen functional groups attached to an aromatic ring is 1. The van der Waals surface area contributed by atoms with E-state index in [1.165, 1.54) is 23.3 Å². The Morgan fingerprint density at radius 2 is 2.27 bits per heavy atom. The zero-order valence-electron chi connectivity index (χ0n) is 7.90. The molecule has 0 aliphatic heterocycles. The molecule has 1 aromatic heterocycles. The van der Waals surface area contributed by atoms with Crippen LogP contribution in [0.4, 0.5) is 5.69 Å². The normalized spacial score (nSPS) is 10.5. The maximum absolute atomic E-state index is 5.83. The van der Waals surface area contributed by atoms with E-state index in [-0.39, 0.29) is 0 Å². The van der Waals surface area contributed by atoms with Crippen molar-refractivity contribution in [3.05, 3.63) is 29.0 Å². The molecule has 1 heterocycles. The van der Waals surface area contributed by atoms with Crippen molar-refractivity contribution in [1.29, 1.82) is 0 Å². The number of nitrogens with zero attached hydrogens (tertiary/aromatic N) is 2. The van der Waals surface area contributed by atoms with Gasteiger partial charge in [-0.3, -0.25) is 0 Å². The molecule has 0 radical (unpaired) electrons. The SMILES string of the molecule is Cc1nsc(Sc2ccc(Cl)cc2N)n1. The van der Waals surface area contributed by atoms with E-state index < -0.39 is 0 Å². The lowest BCUT2D eigenvalue weighted by Gasteiger charge is -2.02. The van der Waals surface area contributed by atoms with Crippen LogP contribution in [0, 0.1) is 6.92 Å². The molecule has 0 spiro atoms. The smallest absolute Gasteiger partial charge is 0.174 e. The van der Waals surface area contributed by atoms with E-state index in [2.05, 4.69) is 9.36 Å².